The van der Waals surface area contributed by atoms with E-state index in [0.29, 0.717) is 55.1 Å². The lowest BCUT2D eigenvalue weighted by atomic mass is 9.94. The number of methoxy groups -OCH3 is 1. The molecule has 2 aromatic rings. The van der Waals surface area contributed by atoms with E-state index in [2.05, 4.69) is 4.90 Å². The fraction of sp³-hybridized carbons (Fsp3) is 0.552. The van der Waals surface area contributed by atoms with Crippen molar-refractivity contribution in [3.63, 3.8) is 0 Å². The molecular weight excluding hydrogens is 483 g/mol. The van der Waals surface area contributed by atoms with E-state index in [0.717, 1.165) is 42.4 Å². The minimum absolute atomic E-state index is 0.0582. The molecule has 1 aliphatic carbocycles. The Morgan fingerprint density at radius 3 is 2.54 bits per heavy atom. The van der Waals surface area contributed by atoms with Crippen molar-refractivity contribution in [1.82, 2.24) is 4.90 Å². The largest absolute Gasteiger partial charge is 0.492 e. The maximum absolute atomic E-state index is 14.1. The van der Waals surface area contributed by atoms with E-state index < -0.39 is 11.7 Å². The van der Waals surface area contributed by atoms with Gasteiger partial charge >= 0.3 is 12.1 Å². The van der Waals surface area contributed by atoms with Gasteiger partial charge in [-0.1, -0.05) is 18.6 Å². The monoisotopic (exact) mass is 515 g/mol. The number of hydrogen-bond acceptors (Lipinski definition) is 5. The molecule has 2 fully saturated rings. The van der Waals surface area contributed by atoms with Gasteiger partial charge in [-0.15, -0.1) is 0 Å². The van der Waals surface area contributed by atoms with E-state index in [9.17, 15) is 18.0 Å². The van der Waals surface area contributed by atoms with Gasteiger partial charge in [-0.05, 0) is 67.3 Å². The van der Waals surface area contributed by atoms with Crippen molar-refractivity contribution in [1.29, 1.82) is 0 Å². The molecule has 0 aromatic heterocycles. The van der Waals surface area contributed by atoms with Crippen LogP contribution >= 0.6 is 0 Å². The topological polar surface area (TPSA) is 48.0 Å². The van der Waals surface area contributed by atoms with E-state index in [1.807, 2.05) is 18.2 Å². The Balaban J connectivity index is 1.25. The van der Waals surface area contributed by atoms with Crippen LogP contribution in [-0.4, -0.2) is 36.7 Å². The number of esters is 1. The molecule has 3 aliphatic heterocycles. The maximum atomic E-state index is 14.1. The number of carbonyl (C=O) groups is 1. The summed E-state index contributed by atoms with van der Waals surface area (Å²) in [5.41, 5.74) is 2.55. The smallest absolute Gasteiger partial charge is 0.416 e. The van der Waals surface area contributed by atoms with E-state index in [1.54, 1.807) is 6.07 Å². The summed E-state index contributed by atoms with van der Waals surface area (Å²) in [6, 6.07) is 9.25. The average Bonchev–Trinajstić information content (AvgIpc) is 3.51. The highest BCUT2D eigenvalue weighted by molar-refractivity contribution is 5.71. The number of ether oxygens (including phenoxy) is 3. The van der Waals surface area contributed by atoms with E-state index in [4.69, 9.17) is 14.2 Å². The predicted molar refractivity (Wildman–Crippen MR) is 131 cm³/mol. The van der Waals surface area contributed by atoms with Crippen molar-refractivity contribution in [3.8, 4) is 11.5 Å². The highest BCUT2D eigenvalue weighted by Gasteiger charge is 2.41. The molecule has 2 aromatic carbocycles. The highest BCUT2D eigenvalue weighted by Crippen LogP contribution is 2.46. The van der Waals surface area contributed by atoms with Gasteiger partial charge in [0.25, 0.3) is 0 Å². The van der Waals surface area contributed by atoms with E-state index in [-0.39, 0.29) is 24.4 Å². The number of fused-ring (bicyclic) bond motifs is 4. The molecule has 3 unspecified atom stereocenters. The molecule has 0 amide bonds. The Bertz CT molecular complexity index is 1180. The maximum Gasteiger partial charge on any atom is 0.416 e. The normalized spacial score (nSPS) is 26.5. The summed E-state index contributed by atoms with van der Waals surface area (Å²) in [7, 11) is 1.37. The first-order valence-electron chi connectivity index (χ1n) is 13.3. The fourth-order valence-electron chi connectivity index (χ4n) is 6.92. The number of carbonyl (C=O) groups excluding carboxylic acids is 1. The first-order valence-corrected chi connectivity index (χ1v) is 13.3. The van der Waals surface area contributed by atoms with Crippen LogP contribution in [-0.2, 0) is 28.7 Å². The Kier molecular flexibility index (Phi) is 6.33. The third-order valence-corrected chi connectivity index (χ3v) is 8.75. The van der Waals surface area contributed by atoms with Gasteiger partial charge in [0.15, 0.2) is 0 Å². The Morgan fingerprint density at radius 2 is 1.81 bits per heavy atom. The van der Waals surface area contributed by atoms with Gasteiger partial charge in [-0.25, -0.2) is 0 Å². The lowest BCUT2D eigenvalue weighted by molar-refractivity contribution is -0.141. The van der Waals surface area contributed by atoms with Gasteiger partial charge in [0, 0.05) is 36.2 Å². The molecule has 3 heterocycles. The number of benzene rings is 2. The summed E-state index contributed by atoms with van der Waals surface area (Å²) in [4.78, 5) is 14.0. The second-order valence-electron chi connectivity index (χ2n) is 10.8. The second-order valence-corrected chi connectivity index (χ2v) is 10.8. The lowest BCUT2D eigenvalue weighted by Gasteiger charge is -2.36. The summed E-state index contributed by atoms with van der Waals surface area (Å²) < 4.78 is 59.2. The number of halogens is 3. The van der Waals surface area contributed by atoms with Crippen LogP contribution in [0.3, 0.4) is 0 Å². The van der Waals surface area contributed by atoms with Gasteiger partial charge in [0.1, 0.15) is 17.6 Å². The van der Waals surface area contributed by atoms with Gasteiger partial charge in [0.2, 0.25) is 0 Å². The average molecular weight is 516 g/mol. The number of hydrogen-bond donors (Lipinski definition) is 0. The second kappa shape index (κ2) is 9.53. The Morgan fingerprint density at radius 1 is 1.05 bits per heavy atom. The van der Waals surface area contributed by atoms with Crippen molar-refractivity contribution in [2.24, 2.45) is 0 Å². The number of rotatable bonds is 6. The minimum atomic E-state index is -4.38. The highest BCUT2D eigenvalue weighted by atomic mass is 19.4. The molecule has 2 bridgehead atoms. The molecule has 0 N–H and O–H groups in total. The first kappa shape index (κ1) is 24.6. The molecule has 198 valence electrons. The third-order valence-electron chi connectivity index (χ3n) is 8.75. The zero-order valence-corrected chi connectivity index (χ0v) is 21.0. The third kappa shape index (κ3) is 4.58. The fourth-order valence-corrected chi connectivity index (χ4v) is 6.92. The van der Waals surface area contributed by atoms with Gasteiger partial charge in [-0.2, -0.15) is 13.2 Å². The molecule has 4 aliphatic rings. The molecular formula is C29H32F3NO4. The summed E-state index contributed by atoms with van der Waals surface area (Å²) >= 11 is 0. The molecule has 2 saturated heterocycles. The van der Waals surface area contributed by atoms with Gasteiger partial charge in [0.05, 0.1) is 25.7 Å². The van der Waals surface area contributed by atoms with Crippen LogP contribution < -0.4 is 9.47 Å². The summed E-state index contributed by atoms with van der Waals surface area (Å²) in [6.07, 6.45) is 2.30. The van der Waals surface area contributed by atoms with Crippen LogP contribution in [0.2, 0.25) is 0 Å². The van der Waals surface area contributed by atoms with Gasteiger partial charge in [-0.3, -0.25) is 9.69 Å². The van der Waals surface area contributed by atoms with Gasteiger partial charge < -0.3 is 14.2 Å². The standard InChI is InChI=1S/C29H32F3NO4/c1-35-28(34)13-17-16-36-27-14-20(7-8-21(17)27)37-26-12-10-22-23(26)9-11-25(29(30,31)32)24(22)15-33-18-3-2-4-19(33)6-5-18/h7-9,11,14,17-19,26H,2-6,10,12-13,15-16H2,1H3/t17?,18?,19?,26-/m1/s1. The van der Waals surface area contributed by atoms with Crippen molar-refractivity contribution < 1.29 is 32.2 Å². The molecule has 5 nitrogen and oxygen atoms in total. The zero-order valence-electron chi connectivity index (χ0n) is 21.0. The lowest BCUT2D eigenvalue weighted by Crippen LogP contribution is -2.39. The summed E-state index contributed by atoms with van der Waals surface area (Å²) in [5, 5.41) is 0. The summed E-state index contributed by atoms with van der Waals surface area (Å²) in [6.45, 7) is 0.774. The number of piperidine rings is 1. The minimum Gasteiger partial charge on any atom is -0.492 e. The molecule has 4 atom stereocenters. The van der Waals surface area contributed by atoms with Crippen molar-refractivity contribution >= 4 is 5.97 Å². The van der Waals surface area contributed by atoms with Crippen LogP contribution in [0, 0.1) is 0 Å². The van der Waals surface area contributed by atoms with E-state index >= 15 is 0 Å². The van der Waals surface area contributed by atoms with Crippen molar-refractivity contribution in [3.05, 3.63) is 58.1 Å². The van der Waals surface area contributed by atoms with Crippen molar-refractivity contribution in [2.75, 3.05) is 13.7 Å². The summed E-state index contributed by atoms with van der Waals surface area (Å²) in [5.74, 6) is 0.956. The molecule has 0 saturated carbocycles. The molecule has 0 radical (unpaired) electrons. The van der Waals surface area contributed by atoms with Crippen LogP contribution in [0.4, 0.5) is 13.2 Å². The van der Waals surface area contributed by atoms with Crippen molar-refractivity contribution in [2.45, 2.75) is 88.2 Å². The number of nitrogens with zero attached hydrogens (tertiary/aromatic N) is 1. The molecule has 0 spiro atoms. The van der Waals surface area contributed by atoms with Crippen LogP contribution in [0.1, 0.15) is 84.8 Å². The van der Waals surface area contributed by atoms with Crippen LogP contribution in [0.15, 0.2) is 30.3 Å². The predicted octanol–water partition coefficient (Wildman–Crippen LogP) is 6.33. The quantitative estimate of drug-likeness (QED) is 0.421. The molecule has 6 rings (SSSR count). The number of alkyl halides is 3. The zero-order chi connectivity index (χ0) is 25.7. The molecule has 8 heteroatoms. The Hall–Kier alpha value is -2.74. The van der Waals surface area contributed by atoms with Crippen LogP contribution in [0.25, 0.3) is 0 Å². The molecule has 37 heavy (non-hydrogen) atoms. The Labute approximate surface area is 214 Å². The first-order chi connectivity index (χ1) is 17.8. The SMILES string of the molecule is COC(=O)CC1COc2cc(O[C@@H]3CCc4c3ccc(C(F)(F)F)c4CN3C4CCCC3CC4)ccc21. The van der Waals surface area contributed by atoms with Crippen LogP contribution in [0.5, 0.6) is 11.5 Å². The van der Waals surface area contributed by atoms with E-state index in [1.165, 1.54) is 19.6 Å².